The monoisotopic (exact) mass is 165 g/mol. The first-order valence-electron chi connectivity index (χ1n) is 4.93. The number of nitrogens with zero attached hydrogens (tertiary/aromatic N) is 1. The summed E-state index contributed by atoms with van der Waals surface area (Å²) in [6, 6.07) is 2.16. The van der Waals surface area contributed by atoms with Gasteiger partial charge in [-0.05, 0) is 25.7 Å². The average Bonchev–Trinajstić information content (AvgIpc) is 2.10. The molecule has 0 atom stereocenters. The third-order valence-electron chi connectivity index (χ3n) is 1.78. The lowest BCUT2D eigenvalue weighted by Crippen LogP contribution is -1.74. The standard InChI is InChI=1S/C11H19N/c1-2-3-4-5-6-7-8-9-10-11-12/h4-5H,2-3,6-10H2,1H3/b5-4+. The molecular weight excluding hydrogens is 146 g/mol. The summed E-state index contributed by atoms with van der Waals surface area (Å²) in [7, 11) is 0. The molecule has 0 rings (SSSR count). The Morgan fingerprint density at radius 3 is 2.50 bits per heavy atom. The van der Waals surface area contributed by atoms with Gasteiger partial charge in [0.1, 0.15) is 0 Å². The van der Waals surface area contributed by atoms with Crippen molar-refractivity contribution in [1.29, 1.82) is 5.26 Å². The van der Waals surface area contributed by atoms with Gasteiger partial charge in [-0.15, -0.1) is 0 Å². The van der Waals surface area contributed by atoms with Crippen LogP contribution in [0.3, 0.4) is 0 Å². The summed E-state index contributed by atoms with van der Waals surface area (Å²) >= 11 is 0. The van der Waals surface area contributed by atoms with Gasteiger partial charge in [0, 0.05) is 6.42 Å². The first-order valence-corrected chi connectivity index (χ1v) is 4.93. The fraction of sp³-hybridized carbons (Fsp3) is 0.727. The van der Waals surface area contributed by atoms with Gasteiger partial charge in [-0.2, -0.15) is 5.26 Å². The summed E-state index contributed by atoms with van der Waals surface area (Å²) in [6.45, 7) is 2.19. The van der Waals surface area contributed by atoms with Crippen LogP contribution in [-0.2, 0) is 0 Å². The fourth-order valence-electron chi connectivity index (χ4n) is 1.05. The molecule has 0 saturated heterocycles. The van der Waals surface area contributed by atoms with Crippen molar-refractivity contribution in [3.05, 3.63) is 12.2 Å². The van der Waals surface area contributed by atoms with E-state index in [9.17, 15) is 0 Å². The molecule has 0 aromatic heterocycles. The molecule has 0 radical (unpaired) electrons. The highest BCUT2D eigenvalue weighted by atomic mass is 14.2. The van der Waals surface area contributed by atoms with Crippen molar-refractivity contribution in [2.75, 3.05) is 0 Å². The van der Waals surface area contributed by atoms with Crippen LogP contribution in [0.15, 0.2) is 12.2 Å². The molecule has 0 unspecified atom stereocenters. The molecule has 0 aliphatic carbocycles. The summed E-state index contributed by atoms with van der Waals surface area (Å²) in [5, 5.41) is 8.27. The second-order valence-electron chi connectivity index (χ2n) is 3.02. The molecule has 0 aliphatic heterocycles. The van der Waals surface area contributed by atoms with E-state index >= 15 is 0 Å². The first-order chi connectivity index (χ1) is 5.91. The zero-order chi connectivity index (χ0) is 9.07. The van der Waals surface area contributed by atoms with Crippen molar-refractivity contribution in [3.63, 3.8) is 0 Å². The van der Waals surface area contributed by atoms with Crippen molar-refractivity contribution < 1.29 is 0 Å². The molecule has 1 heteroatoms. The third kappa shape index (κ3) is 9.23. The fourth-order valence-corrected chi connectivity index (χ4v) is 1.05. The molecule has 0 aliphatic rings. The van der Waals surface area contributed by atoms with Crippen LogP contribution in [0, 0.1) is 11.3 Å². The van der Waals surface area contributed by atoms with Crippen LogP contribution in [0.5, 0.6) is 0 Å². The molecule has 0 aromatic rings. The van der Waals surface area contributed by atoms with E-state index in [2.05, 4.69) is 25.1 Å². The van der Waals surface area contributed by atoms with Gasteiger partial charge in [-0.25, -0.2) is 0 Å². The minimum atomic E-state index is 0.721. The molecule has 0 fully saturated rings. The Hall–Kier alpha value is -0.770. The number of unbranched alkanes of at least 4 members (excludes halogenated alkanes) is 5. The van der Waals surface area contributed by atoms with Crippen LogP contribution in [0.25, 0.3) is 0 Å². The number of allylic oxidation sites excluding steroid dienone is 2. The van der Waals surface area contributed by atoms with E-state index in [1.54, 1.807) is 0 Å². The van der Waals surface area contributed by atoms with Crippen molar-refractivity contribution in [1.82, 2.24) is 0 Å². The first kappa shape index (κ1) is 11.2. The van der Waals surface area contributed by atoms with Crippen molar-refractivity contribution in [2.24, 2.45) is 0 Å². The van der Waals surface area contributed by atoms with Gasteiger partial charge in [0.25, 0.3) is 0 Å². The molecule has 1 nitrogen and oxygen atoms in total. The summed E-state index contributed by atoms with van der Waals surface area (Å²) in [6.07, 6.45) is 12.4. The normalized spacial score (nSPS) is 10.3. The zero-order valence-electron chi connectivity index (χ0n) is 8.05. The molecule has 0 amide bonds. The lowest BCUT2D eigenvalue weighted by molar-refractivity contribution is 0.698. The van der Waals surface area contributed by atoms with Gasteiger partial charge in [0.05, 0.1) is 6.07 Å². The molecule has 68 valence electrons. The molecule has 0 aromatic carbocycles. The molecule has 0 bridgehead atoms. The Morgan fingerprint density at radius 1 is 1.08 bits per heavy atom. The second kappa shape index (κ2) is 10.2. The Bertz CT molecular complexity index is 142. The average molecular weight is 165 g/mol. The Morgan fingerprint density at radius 2 is 1.83 bits per heavy atom. The van der Waals surface area contributed by atoms with E-state index in [1.807, 2.05) is 0 Å². The van der Waals surface area contributed by atoms with Gasteiger partial charge in [-0.1, -0.05) is 31.9 Å². The van der Waals surface area contributed by atoms with Crippen LogP contribution in [0.4, 0.5) is 0 Å². The van der Waals surface area contributed by atoms with Crippen LogP contribution in [-0.4, -0.2) is 0 Å². The minimum Gasteiger partial charge on any atom is -0.198 e. The number of hydrogen-bond donors (Lipinski definition) is 0. The smallest absolute Gasteiger partial charge is 0.0621 e. The molecule has 0 saturated carbocycles. The minimum absolute atomic E-state index is 0.721. The van der Waals surface area contributed by atoms with E-state index in [4.69, 9.17) is 5.26 Å². The highest BCUT2D eigenvalue weighted by Gasteiger charge is 1.85. The van der Waals surface area contributed by atoms with Gasteiger partial charge in [0.2, 0.25) is 0 Å². The topological polar surface area (TPSA) is 23.8 Å². The van der Waals surface area contributed by atoms with E-state index in [1.165, 1.54) is 32.1 Å². The number of rotatable bonds is 7. The zero-order valence-corrected chi connectivity index (χ0v) is 8.05. The molecule has 0 N–H and O–H groups in total. The lowest BCUT2D eigenvalue weighted by atomic mass is 10.1. The van der Waals surface area contributed by atoms with Crippen LogP contribution in [0.2, 0.25) is 0 Å². The Balaban J connectivity index is 2.96. The predicted octanol–water partition coefficient (Wildman–Crippen LogP) is 3.82. The summed E-state index contributed by atoms with van der Waals surface area (Å²) in [5.74, 6) is 0. The molecular formula is C11H19N. The van der Waals surface area contributed by atoms with Crippen molar-refractivity contribution >= 4 is 0 Å². The predicted molar refractivity (Wildman–Crippen MR) is 52.7 cm³/mol. The third-order valence-corrected chi connectivity index (χ3v) is 1.78. The van der Waals surface area contributed by atoms with Gasteiger partial charge < -0.3 is 0 Å². The van der Waals surface area contributed by atoms with Gasteiger partial charge >= 0.3 is 0 Å². The summed E-state index contributed by atoms with van der Waals surface area (Å²) in [5.41, 5.74) is 0. The van der Waals surface area contributed by atoms with Crippen LogP contribution in [0.1, 0.15) is 51.9 Å². The molecule has 0 heterocycles. The van der Waals surface area contributed by atoms with Crippen LogP contribution < -0.4 is 0 Å². The lowest BCUT2D eigenvalue weighted by Gasteiger charge is -1.92. The summed E-state index contributed by atoms with van der Waals surface area (Å²) < 4.78 is 0. The molecule has 12 heavy (non-hydrogen) atoms. The highest BCUT2D eigenvalue weighted by molar-refractivity contribution is 4.80. The maximum absolute atomic E-state index is 8.27. The number of nitriles is 1. The quantitative estimate of drug-likeness (QED) is 0.415. The molecule has 0 spiro atoms. The number of hydrogen-bond acceptors (Lipinski definition) is 1. The van der Waals surface area contributed by atoms with Crippen LogP contribution >= 0.6 is 0 Å². The largest absolute Gasteiger partial charge is 0.198 e. The summed E-state index contributed by atoms with van der Waals surface area (Å²) in [4.78, 5) is 0. The SMILES string of the molecule is CCC/C=C/CCCCCC#N. The second-order valence-corrected chi connectivity index (χ2v) is 3.02. The van der Waals surface area contributed by atoms with Crippen molar-refractivity contribution in [3.8, 4) is 6.07 Å². The highest BCUT2D eigenvalue weighted by Crippen LogP contribution is 2.03. The van der Waals surface area contributed by atoms with E-state index < -0.39 is 0 Å². The Kier molecular flexibility index (Phi) is 9.57. The van der Waals surface area contributed by atoms with E-state index in [0.29, 0.717) is 0 Å². The van der Waals surface area contributed by atoms with Gasteiger partial charge in [-0.3, -0.25) is 0 Å². The van der Waals surface area contributed by atoms with Gasteiger partial charge in [0.15, 0.2) is 0 Å². The van der Waals surface area contributed by atoms with Crippen molar-refractivity contribution in [2.45, 2.75) is 51.9 Å². The maximum Gasteiger partial charge on any atom is 0.0621 e. The maximum atomic E-state index is 8.27. The Labute approximate surface area is 76.1 Å². The van der Waals surface area contributed by atoms with E-state index in [0.717, 1.165) is 12.8 Å². The van der Waals surface area contributed by atoms with E-state index in [-0.39, 0.29) is 0 Å².